The van der Waals surface area contributed by atoms with Crippen LogP contribution in [0.3, 0.4) is 0 Å². The molecule has 0 amide bonds. The quantitative estimate of drug-likeness (QED) is 0.511. The summed E-state index contributed by atoms with van der Waals surface area (Å²) >= 11 is 0. The molecule has 0 saturated heterocycles. The van der Waals surface area contributed by atoms with Gasteiger partial charge in [0.05, 0.1) is 37.2 Å². The van der Waals surface area contributed by atoms with Crippen LogP contribution in [-0.2, 0) is 0 Å². The zero-order chi connectivity index (χ0) is 23.5. The summed E-state index contributed by atoms with van der Waals surface area (Å²) < 4.78 is 40.5. The van der Waals surface area contributed by atoms with Gasteiger partial charge >= 0.3 is 0 Å². The van der Waals surface area contributed by atoms with Crippen molar-refractivity contribution in [2.75, 3.05) is 20.8 Å². The average Bonchev–Trinajstić information content (AvgIpc) is 3.28. The van der Waals surface area contributed by atoms with E-state index in [4.69, 9.17) is 14.6 Å². The highest BCUT2D eigenvalue weighted by molar-refractivity contribution is 6.15. The molecular weight excluding hydrogens is 430 g/mol. The Labute approximate surface area is 189 Å². The summed E-state index contributed by atoms with van der Waals surface area (Å²) in [6, 6.07) is 2.65. The molecule has 3 aromatic rings. The fraction of sp³-hybridized carbons (Fsp3) is 0.333. The normalized spacial score (nSPS) is 15.2. The number of aromatic nitrogens is 3. The SMILES string of the molecule is COc1cc(OC)c(F)c(-c2cc3cnc(C)nc3c(C3=CC(CCCCO)N=C3)n2)c1F. The molecule has 2 aromatic heterocycles. The van der Waals surface area contributed by atoms with Crippen LogP contribution in [0.4, 0.5) is 8.78 Å². The van der Waals surface area contributed by atoms with Crippen LogP contribution in [-0.4, -0.2) is 53.1 Å². The number of allylic oxidation sites excluding steroid dienone is 1. The van der Waals surface area contributed by atoms with Gasteiger partial charge in [0.1, 0.15) is 11.3 Å². The molecule has 33 heavy (non-hydrogen) atoms. The maximum atomic E-state index is 15.2. The summed E-state index contributed by atoms with van der Waals surface area (Å²) in [4.78, 5) is 17.9. The van der Waals surface area contributed by atoms with Crippen molar-refractivity contribution >= 4 is 22.7 Å². The second-order valence-electron chi connectivity index (χ2n) is 7.68. The van der Waals surface area contributed by atoms with Crippen LogP contribution in [0.2, 0.25) is 0 Å². The summed E-state index contributed by atoms with van der Waals surface area (Å²) in [6.07, 6.45) is 7.57. The van der Waals surface area contributed by atoms with Crippen molar-refractivity contribution in [3.05, 3.63) is 47.6 Å². The molecule has 0 aliphatic carbocycles. The van der Waals surface area contributed by atoms with Crippen molar-refractivity contribution in [3.63, 3.8) is 0 Å². The Kier molecular flexibility index (Phi) is 6.60. The topological polar surface area (TPSA) is 89.7 Å². The molecule has 0 spiro atoms. The van der Waals surface area contributed by atoms with Crippen LogP contribution in [0.1, 0.15) is 30.8 Å². The van der Waals surface area contributed by atoms with Gasteiger partial charge in [-0.05, 0) is 38.3 Å². The first-order valence-electron chi connectivity index (χ1n) is 10.6. The maximum Gasteiger partial charge on any atom is 0.177 e. The predicted molar refractivity (Wildman–Crippen MR) is 122 cm³/mol. The van der Waals surface area contributed by atoms with Gasteiger partial charge in [0, 0.05) is 36.0 Å². The van der Waals surface area contributed by atoms with Gasteiger partial charge in [-0.2, -0.15) is 0 Å². The Bertz CT molecular complexity index is 1230. The highest BCUT2D eigenvalue weighted by atomic mass is 19.1. The third-order valence-corrected chi connectivity index (χ3v) is 5.47. The number of hydrogen-bond donors (Lipinski definition) is 1. The van der Waals surface area contributed by atoms with Crippen LogP contribution in [0, 0.1) is 18.6 Å². The Hall–Kier alpha value is -3.46. The largest absolute Gasteiger partial charge is 0.494 e. The number of rotatable bonds is 8. The summed E-state index contributed by atoms with van der Waals surface area (Å²) in [5.41, 5.74) is 1.45. The van der Waals surface area contributed by atoms with Crippen molar-refractivity contribution in [2.24, 2.45) is 4.99 Å². The van der Waals surface area contributed by atoms with Gasteiger partial charge in [-0.1, -0.05) is 0 Å². The number of aliphatic hydroxyl groups excluding tert-OH is 1. The molecule has 1 atom stereocenters. The van der Waals surface area contributed by atoms with Crippen LogP contribution < -0.4 is 9.47 Å². The number of unbranched alkanes of at least 4 members (excludes halogenated alkanes) is 1. The average molecular weight is 454 g/mol. The second kappa shape index (κ2) is 9.58. The fourth-order valence-electron chi connectivity index (χ4n) is 3.80. The molecule has 0 radical (unpaired) electrons. The highest BCUT2D eigenvalue weighted by Gasteiger charge is 2.25. The molecule has 0 fully saturated rings. The van der Waals surface area contributed by atoms with E-state index in [9.17, 15) is 0 Å². The maximum absolute atomic E-state index is 15.2. The molecule has 1 unspecified atom stereocenters. The lowest BCUT2D eigenvalue weighted by Crippen LogP contribution is -2.03. The molecule has 1 N–H and O–H groups in total. The molecule has 0 saturated carbocycles. The van der Waals surface area contributed by atoms with E-state index < -0.39 is 11.6 Å². The van der Waals surface area contributed by atoms with Crippen molar-refractivity contribution < 1.29 is 23.4 Å². The zero-order valence-corrected chi connectivity index (χ0v) is 18.6. The first-order chi connectivity index (χ1) is 16.0. The van der Waals surface area contributed by atoms with E-state index in [-0.39, 0.29) is 35.4 Å². The van der Waals surface area contributed by atoms with Gasteiger partial charge in [0.15, 0.2) is 23.1 Å². The molecule has 1 aliphatic heterocycles. The number of nitrogens with zero attached hydrogens (tertiary/aromatic N) is 4. The van der Waals surface area contributed by atoms with E-state index in [0.717, 1.165) is 18.9 Å². The first kappa shape index (κ1) is 22.7. The Balaban J connectivity index is 1.90. The van der Waals surface area contributed by atoms with E-state index >= 15 is 8.78 Å². The third-order valence-electron chi connectivity index (χ3n) is 5.47. The van der Waals surface area contributed by atoms with Gasteiger partial charge in [-0.25, -0.2) is 23.7 Å². The van der Waals surface area contributed by atoms with E-state index in [1.54, 1.807) is 25.4 Å². The second-order valence-corrected chi connectivity index (χ2v) is 7.68. The van der Waals surface area contributed by atoms with Gasteiger partial charge in [0.2, 0.25) is 0 Å². The zero-order valence-electron chi connectivity index (χ0n) is 18.6. The van der Waals surface area contributed by atoms with E-state index in [1.165, 1.54) is 14.2 Å². The monoisotopic (exact) mass is 454 g/mol. The lowest BCUT2D eigenvalue weighted by atomic mass is 10.0. The summed E-state index contributed by atoms with van der Waals surface area (Å²) in [5.74, 6) is -1.52. The van der Waals surface area contributed by atoms with Gasteiger partial charge in [0.25, 0.3) is 0 Å². The van der Waals surface area contributed by atoms with E-state index in [0.29, 0.717) is 34.4 Å². The molecule has 172 valence electrons. The Morgan fingerprint density at radius 2 is 1.76 bits per heavy atom. The molecule has 1 aliphatic rings. The van der Waals surface area contributed by atoms with Gasteiger partial charge in [-0.3, -0.25) is 4.99 Å². The lowest BCUT2D eigenvalue weighted by molar-refractivity contribution is 0.282. The van der Waals surface area contributed by atoms with Crippen molar-refractivity contribution in [2.45, 2.75) is 32.2 Å². The smallest absolute Gasteiger partial charge is 0.177 e. The number of halogens is 2. The lowest BCUT2D eigenvalue weighted by Gasteiger charge is -2.14. The minimum Gasteiger partial charge on any atom is -0.494 e. The molecular formula is C24H24F2N4O3. The summed E-state index contributed by atoms with van der Waals surface area (Å²) in [7, 11) is 2.60. The number of pyridine rings is 1. The van der Waals surface area contributed by atoms with E-state index in [2.05, 4.69) is 19.9 Å². The Morgan fingerprint density at radius 3 is 2.42 bits per heavy atom. The standard InChI is InChI=1S/C24H24F2N4O3/c1-13-27-11-15-9-17(20-21(25)18(32-2)10-19(33-3)22(20)26)30-24(23(15)29-13)14-8-16(28-12-14)6-4-5-7-31/h8-12,16,31H,4-7H2,1-3H3. The molecule has 0 bridgehead atoms. The number of ether oxygens (including phenoxy) is 2. The van der Waals surface area contributed by atoms with Crippen LogP contribution >= 0.6 is 0 Å². The highest BCUT2D eigenvalue weighted by Crippen LogP contribution is 2.38. The minimum absolute atomic E-state index is 0.0552. The fourth-order valence-corrected chi connectivity index (χ4v) is 3.80. The molecule has 3 heterocycles. The van der Waals surface area contributed by atoms with Crippen molar-refractivity contribution in [3.8, 4) is 22.8 Å². The summed E-state index contributed by atoms with van der Waals surface area (Å²) in [5, 5.41) is 9.60. The number of methoxy groups -OCH3 is 2. The number of aliphatic imine (C=N–C) groups is 1. The van der Waals surface area contributed by atoms with Crippen molar-refractivity contribution in [1.82, 2.24) is 15.0 Å². The van der Waals surface area contributed by atoms with Crippen LogP contribution in [0.15, 0.2) is 29.4 Å². The Morgan fingerprint density at radius 1 is 1.03 bits per heavy atom. The number of aryl methyl sites for hydroxylation is 1. The predicted octanol–water partition coefficient (Wildman–Crippen LogP) is 4.29. The molecule has 7 nitrogen and oxygen atoms in total. The molecule has 1 aromatic carbocycles. The first-order valence-corrected chi connectivity index (χ1v) is 10.6. The molecule has 9 heteroatoms. The number of benzene rings is 1. The van der Waals surface area contributed by atoms with E-state index in [1.807, 2.05) is 6.08 Å². The van der Waals surface area contributed by atoms with Crippen molar-refractivity contribution in [1.29, 1.82) is 0 Å². The van der Waals surface area contributed by atoms with Crippen LogP contribution in [0.5, 0.6) is 11.5 Å². The van der Waals surface area contributed by atoms with Gasteiger partial charge in [-0.15, -0.1) is 0 Å². The number of fused-ring (bicyclic) bond motifs is 1. The number of hydrogen-bond acceptors (Lipinski definition) is 7. The minimum atomic E-state index is -0.877. The number of aliphatic hydroxyl groups is 1. The van der Waals surface area contributed by atoms with Gasteiger partial charge < -0.3 is 14.6 Å². The summed E-state index contributed by atoms with van der Waals surface area (Å²) in [6.45, 7) is 1.90. The van der Waals surface area contributed by atoms with Crippen LogP contribution in [0.25, 0.3) is 27.7 Å². The third kappa shape index (κ3) is 4.41. The molecule has 4 rings (SSSR count).